The Morgan fingerprint density at radius 2 is 2.16 bits per heavy atom. The Hall–Kier alpha value is -2.12. The van der Waals surface area contributed by atoms with Crippen molar-refractivity contribution >= 4 is 17.5 Å². The van der Waals surface area contributed by atoms with Gasteiger partial charge in [0.25, 0.3) is 0 Å². The van der Waals surface area contributed by atoms with E-state index >= 15 is 0 Å². The number of nitrogens with two attached hydrogens (primary N) is 1. The lowest BCUT2D eigenvalue weighted by molar-refractivity contribution is -0.122. The van der Waals surface area contributed by atoms with Gasteiger partial charge in [-0.05, 0) is 24.6 Å². The summed E-state index contributed by atoms with van der Waals surface area (Å²) in [7, 11) is 0. The van der Waals surface area contributed by atoms with Gasteiger partial charge in [-0.25, -0.2) is 0 Å². The largest absolute Gasteiger partial charge is 0.320 e. The number of rotatable bonds is 1. The number of carbonyl (C=O) groups excluding carboxylic acids is 2. The van der Waals surface area contributed by atoms with Gasteiger partial charge in [0.15, 0.2) is 0 Å². The van der Waals surface area contributed by atoms with E-state index in [-0.39, 0.29) is 30.7 Å². The van der Waals surface area contributed by atoms with Crippen LogP contribution in [0.3, 0.4) is 0 Å². The van der Waals surface area contributed by atoms with Crippen LogP contribution in [0.4, 0.5) is 5.69 Å². The van der Waals surface area contributed by atoms with Crippen LogP contribution in [0.2, 0.25) is 0 Å². The number of anilines is 1. The molecule has 1 unspecified atom stereocenters. The van der Waals surface area contributed by atoms with E-state index in [2.05, 4.69) is 11.8 Å². The van der Waals surface area contributed by atoms with Crippen LogP contribution in [-0.2, 0) is 9.59 Å². The smallest absolute Gasteiger partial charge is 0.237 e. The maximum absolute atomic E-state index is 12.0. The molecule has 0 aliphatic carbocycles. The topological polar surface area (TPSA) is 63.4 Å². The molecule has 0 radical (unpaired) electrons. The van der Waals surface area contributed by atoms with Crippen LogP contribution in [0.1, 0.15) is 24.5 Å². The molecule has 0 aromatic heterocycles. The molecule has 1 saturated heterocycles. The van der Waals surface area contributed by atoms with Crippen molar-refractivity contribution in [1.29, 1.82) is 0 Å². The van der Waals surface area contributed by atoms with Gasteiger partial charge < -0.3 is 5.73 Å². The maximum Gasteiger partial charge on any atom is 0.237 e. The molecule has 1 aliphatic heterocycles. The van der Waals surface area contributed by atoms with E-state index in [9.17, 15) is 9.59 Å². The first kappa shape index (κ1) is 13.3. The predicted molar refractivity (Wildman–Crippen MR) is 73.4 cm³/mol. The van der Waals surface area contributed by atoms with Gasteiger partial charge in [0.2, 0.25) is 11.8 Å². The first-order valence-electron chi connectivity index (χ1n) is 6.21. The third-order valence-electron chi connectivity index (χ3n) is 3.18. The van der Waals surface area contributed by atoms with Gasteiger partial charge in [-0.2, -0.15) is 0 Å². The van der Waals surface area contributed by atoms with E-state index in [1.165, 1.54) is 4.90 Å². The molecule has 0 saturated carbocycles. The molecule has 19 heavy (non-hydrogen) atoms. The first-order chi connectivity index (χ1) is 9.04. The molecule has 1 aromatic rings. The van der Waals surface area contributed by atoms with E-state index in [1.807, 2.05) is 13.0 Å². The normalized spacial score (nSPS) is 18.5. The fraction of sp³-hybridized carbons (Fsp3) is 0.333. The van der Waals surface area contributed by atoms with E-state index < -0.39 is 0 Å². The maximum atomic E-state index is 12.0. The summed E-state index contributed by atoms with van der Waals surface area (Å²) in [6.07, 6.45) is 0.274. The molecular weight excluding hydrogens is 240 g/mol. The van der Waals surface area contributed by atoms with E-state index in [0.717, 1.165) is 11.1 Å². The second-order valence-corrected chi connectivity index (χ2v) is 4.68. The van der Waals surface area contributed by atoms with Crippen molar-refractivity contribution < 1.29 is 9.59 Å². The van der Waals surface area contributed by atoms with Crippen LogP contribution in [0.15, 0.2) is 18.2 Å². The third-order valence-corrected chi connectivity index (χ3v) is 3.18. The first-order valence-corrected chi connectivity index (χ1v) is 6.21. The summed E-state index contributed by atoms with van der Waals surface area (Å²) >= 11 is 0. The Morgan fingerprint density at radius 1 is 1.42 bits per heavy atom. The lowest BCUT2D eigenvalue weighted by Gasteiger charge is -2.15. The van der Waals surface area contributed by atoms with Gasteiger partial charge in [0.1, 0.15) is 0 Å². The molecule has 4 nitrogen and oxygen atoms in total. The molecule has 0 bridgehead atoms. The van der Waals surface area contributed by atoms with Crippen LogP contribution in [0, 0.1) is 24.7 Å². The number of nitrogens with zero attached hydrogens (tertiary/aromatic N) is 1. The van der Waals surface area contributed by atoms with Crippen molar-refractivity contribution in [1.82, 2.24) is 0 Å². The number of imide groups is 1. The lowest BCUT2D eigenvalue weighted by atomic mass is 10.1. The van der Waals surface area contributed by atoms with E-state index in [0.29, 0.717) is 5.69 Å². The van der Waals surface area contributed by atoms with Gasteiger partial charge in [0, 0.05) is 17.9 Å². The monoisotopic (exact) mass is 256 g/mol. The predicted octanol–water partition coefficient (Wildman–Crippen LogP) is 1.20. The van der Waals surface area contributed by atoms with Gasteiger partial charge in [-0.15, -0.1) is 0 Å². The Kier molecular flexibility index (Phi) is 3.68. The summed E-state index contributed by atoms with van der Waals surface area (Å²) in [5, 5.41) is 0. The minimum absolute atomic E-state index is 0.147. The minimum atomic E-state index is -0.243. The van der Waals surface area contributed by atoms with Gasteiger partial charge >= 0.3 is 0 Å². The van der Waals surface area contributed by atoms with Crippen LogP contribution in [-0.4, -0.2) is 18.4 Å². The molecule has 4 heteroatoms. The Morgan fingerprint density at radius 3 is 2.74 bits per heavy atom. The quantitative estimate of drug-likeness (QED) is 0.606. The number of carbonyl (C=O) groups is 2. The highest BCUT2D eigenvalue weighted by Crippen LogP contribution is 2.27. The highest BCUT2D eigenvalue weighted by molar-refractivity contribution is 6.20. The zero-order valence-electron chi connectivity index (χ0n) is 11.1. The second-order valence-electron chi connectivity index (χ2n) is 4.68. The molecule has 2 N–H and O–H groups in total. The van der Waals surface area contributed by atoms with Crippen LogP contribution in [0.5, 0.6) is 0 Å². The molecule has 2 rings (SSSR count). The number of amides is 2. The van der Waals surface area contributed by atoms with Crippen molar-refractivity contribution in [3.05, 3.63) is 29.3 Å². The van der Waals surface area contributed by atoms with Crippen molar-refractivity contribution in [3.8, 4) is 11.8 Å². The highest BCUT2D eigenvalue weighted by atomic mass is 16.2. The highest BCUT2D eigenvalue weighted by Gasteiger charge is 2.36. The van der Waals surface area contributed by atoms with Gasteiger partial charge in [0.05, 0.1) is 12.2 Å². The fourth-order valence-corrected chi connectivity index (χ4v) is 2.09. The van der Waals surface area contributed by atoms with Crippen LogP contribution < -0.4 is 10.6 Å². The average Bonchev–Trinajstić information content (AvgIpc) is 2.63. The van der Waals surface area contributed by atoms with Gasteiger partial charge in [-0.1, -0.05) is 24.8 Å². The van der Waals surface area contributed by atoms with E-state index in [1.54, 1.807) is 19.1 Å². The Labute approximate surface area is 112 Å². The number of benzene rings is 1. The molecular formula is C15H16N2O2. The molecule has 1 atom stereocenters. The van der Waals surface area contributed by atoms with Crippen LogP contribution in [0.25, 0.3) is 0 Å². The zero-order chi connectivity index (χ0) is 14.0. The standard InChI is InChI=1S/C15H16N2O2/c1-10-5-6-13(9-12(10)4-3-7-16)17-14(18)8-11(2)15(17)19/h5-6,9,11H,7-8,16H2,1-2H3. The third kappa shape index (κ3) is 2.51. The lowest BCUT2D eigenvalue weighted by Crippen LogP contribution is -2.30. The number of aryl methyl sites for hydroxylation is 1. The van der Waals surface area contributed by atoms with Crippen molar-refractivity contribution in [2.45, 2.75) is 20.3 Å². The Bertz CT molecular complexity index is 596. The number of hydrogen-bond acceptors (Lipinski definition) is 3. The van der Waals surface area contributed by atoms with Crippen molar-refractivity contribution in [2.75, 3.05) is 11.4 Å². The molecule has 1 fully saturated rings. The van der Waals surface area contributed by atoms with Gasteiger partial charge in [-0.3, -0.25) is 14.5 Å². The molecule has 0 spiro atoms. The van der Waals surface area contributed by atoms with E-state index in [4.69, 9.17) is 5.73 Å². The minimum Gasteiger partial charge on any atom is -0.320 e. The molecule has 1 aliphatic rings. The SMILES string of the molecule is Cc1ccc(N2C(=O)CC(C)C2=O)cc1C#CCN. The van der Waals surface area contributed by atoms with Crippen LogP contribution >= 0.6 is 0 Å². The summed E-state index contributed by atoms with van der Waals surface area (Å²) in [5.74, 6) is 5.19. The fourth-order valence-electron chi connectivity index (χ4n) is 2.09. The molecule has 98 valence electrons. The Balaban J connectivity index is 2.41. The molecule has 1 aromatic carbocycles. The summed E-state index contributed by atoms with van der Waals surface area (Å²) < 4.78 is 0. The number of hydrogen-bond donors (Lipinski definition) is 1. The summed E-state index contributed by atoms with van der Waals surface area (Å²) in [4.78, 5) is 25.1. The average molecular weight is 256 g/mol. The molecule has 1 heterocycles. The zero-order valence-corrected chi connectivity index (χ0v) is 11.1. The summed E-state index contributed by atoms with van der Waals surface area (Å²) in [6.45, 7) is 3.98. The molecule has 2 amide bonds. The second kappa shape index (κ2) is 5.25. The van der Waals surface area contributed by atoms with Crippen molar-refractivity contribution in [2.24, 2.45) is 11.7 Å². The summed E-state index contributed by atoms with van der Waals surface area (Å²) in [5.41, 5.74) is 7.74. The summed E-state index contributed by atoms with van der Waals surface area (Å²) in [6, 6.07) is 5.40. The van der Waals surface area contributed by atoms with Crippen molar-refractivity contribution in [3.63, 3.8) is 0 Å².